The van der Waals surface area contributed by atoms with Gasteiger partial charge in [-0.15, -0.1) is 0 Å². The summed E-state index contributed by atoms with van der Waals surface area (Å²) in [6.45, 7) is 1.63. The van der Waals surface area contributed by atoms with Gasteiger partial charge in [0.05, 0.1) is 5.56 Å². The third-order valence-electron chi connectivity index (χ3n) is 1.93. The molecule has 0 saturated heterocycles. The van der Waals surface area contributed by atoms with Gasteiger partial charge in [0.25, 0.3) is 5.91 Å². The molecule has 0 fully saturated rings. The van der Waals surface area contributed by atoms with Crippen LogP contribution in [0.3, 0.4) is 0 Å². The van der Waals surface area contributed by atoms with Crippen LogP contribution >= 0.6 is 0 Å². The number of nitriles is 1. The Bertz CT molecular complexity index is 396. The van der Waals surface area contributed by atoms with Gasteiger partial charge in [-0.1, -0.05) is 12.1 Å². The van der Waals surface area contributed by atoms with Crippen molar-refractivity contribution in [2.45, 2.75) is 13.0 Å². The van der Waals surface area contributed by atoms with E-state index in [4.69, 9.17) is 10.00 Å². The lowest BCUT2D eigenvalue weighted by atomic mass is 10.2. The van der Waals surface area contributed by atoms with Gasteiger partial charge in [-0.25, -0.2) is 0 Å². The van der Waals surface area contributed by atoms with E-state index in [2.05, 4.69) is 5.32 Å². The monoisotopic (exact) mass is 204 g/mol. The summed E-state index contributed by atoms with van der Waals surface area (Å²) in [5, 5.41) is 11.3. The molecule has 0 saturated carbocycles. The lowest BCUT2D eigenvalue weighted by Gasteiger charge is -2.13. The predicted octanol–water partition coefficient (Wildman–Crippen LogP) is 1.07. The second-order valence-corrected chi connectivity index (χ2v) is 2.98. The molecule has 0 bridgehead atoms. The minimum absolute atomic E-state index is 0.220. The molecule has 0 aliphatic heterocycles. The molecule has 15 heavy (non-hydrogen) atoms. The first-order valence-corrected chi connectivity index (χ1v) is 4.56. The maximum Gasteiger partial charge on any atom is 0.260 e. The van der Waals surface area contributed by atoms with Crippen molar-refractivity contribution in [2.24, 2.45) is 0 Å². The first-order valence-electron chi connectivity index (χ1n) is 4.56. The smallest absolute Gasteiger partial charge is 0.260 e. The van der Waals surface area contributed by atoms with Crippen LogP contribution in [-0.4, -0.2) is 19.1 Å². The molecule has 1 atom stereocenters. The fraction of sp³-hybridized carbons (Fsp3) is 0.273. The zero-order valence-corrected chi connectivity index (χ0v) is 8.65. The lowest BCUT2D eigenvalue weighted by molar-refractivity contribution is -0.126. The average Bonchev–Trinajstić information content (AvgIpc) is 2.28. The summed E-state index contributed by atoms with van der Waals surface area (Å²) in [5.74, 6) is 0.207. The van der Waals surface area contributed by atoms with Gasteiger partial charge in [-0.2, -0.15) is 5.26 Å². The summed E-state index contributed by atoms with van der Waals surface area (Å²) in [4.78, 5) is 11.2. The average molecular weight is 204 g/mol. The van der Waals surface area contributed by atoms with E-state index in [0.717, 1.165) is 0 Å². The molecule has 4 nitrogen and oxygen atoms in total. The Morgan fingerprint density at radius 2 is 2.20 bits per heavy atom. The van der Waals surface area contributed by atoms with Crippen molar-refractivity contribution in [1.29, 1.82) is 5.26 Å². The Hall–Kier alpha value is -2.02. The van der Waals surface area contributed by atoms with Crippen LogP contribution in [0.5, 0.6) is 5.75 Å². The fourth-order valence-corrected chi connectivity index (χ4v) is 1.11. The van der Waals surface area contributed by atoms with Gasteiger partial charge >= 0.3 is 0 Å². The summed E-state index contributed by atoms with van der Waals surface area (Å²) in [6.07, 6.45) is -0.607. The number of para-hydroxylation sites is 1. The van der Waals surface area contributed by atoms with Gasteiger partial charge in [0.1, 0.15) is 11.8 Å². The molecule has 1 N–H and O–H groups in total. The molecule has 0 spiro atoms. The normalized spacial score (nSPS) is 11.3. The first kappa shape index (κ1) is 11.1. The van der Waals surface area contributed by atoms with Gasteiger partial charge in [0, 0.05) is 7.05 Å². The van der Waals surface area contributed by atoms with E-state index in [9.17, 15) is 4.79 Å². The zero-order valence-electron chi connectivity index (χ0n) is 8.65. The maximum atomic E-state index is 11.2. The van der Waals surface area contributed by atoms with Crippen LogP contribution in [0, 0.1) is 11.3 Å². The summed E-state index contributed by atoms with van der Waals surface area (Å²) < 4.78 is 5.35. The molecule has 1 amide bonds. The number of amides is 1. The molecule has 1 aromatic carbocycles. The Morgan fingerprint density at radius 3 is 2.80 bits per heavy atom. The number of benzene rings is 1. The minimum atomic E-state index is -0.607. The number of ether oxygens (including phenoxy) is 1. The van der Waals surface area contributed by atoms with Gasteiger partial charge in [0.2, 0.25) is 0 Å². The quantitative estimate of drug-likeness (QED) is 0.801. The predicted molar refractivity (Wildman–Crippen MR) is 55.3 cm³/mol. The Morgan fingerprint density at radius 1 is 1.53 bits per heavy atom. The minimum Gasteiger partial charge on any atom is -0.480 e. The van der Waals surface area contributed by atoms with Crippen molar-refractivity contribution < 1.29 is 9.53 Å². The standard InChI is InChI=1S/C11H12N2O2/c1-8(11(14)13-2)15-10-6-4-3-5-9(10)7-12/h3-6,8H,1-2H3,(H,13,14). The first-order chi connectivity index (χ1) is 7.19. The molecule has 1 unspecified atom stereocenters. The SMILES string of the molecule is CNC(=O)C(C)Oc1ccccc1C#N. The van der Waals surface area contributed by atoms with Crippen molar-refractivity contribution in [2.75, 3.05) is 7.05 Å². The van der Waals surface area contributed by atoms with Crippen LogP contribution in [-0.2, 0) is 4.79 Å². The summed E-state index contributed by atoms with van der Waals surface area (Å²) in [5.41, 5.74) is 0.424. The lowest BCUT2D eigenvalue weighted by Crippen LogP contribution is -2.33. The van der Waals surface area contributed by atoms with E-state index < -0.39 is 6.10 Å². The Labute approximate surface area is 88.5 Å². The number of nitrogens with one attached hydrogen (secondary N) is 1. The van der Waals surface area contributed by atoms with Gasteiger partial charge in [-0.05, 0) is 19.1 Å². The number of hydrogen-bond donors (Lipinski definition) is 1. The molecular formula is C11H12N2O2. The van der Waals surface area contributed by atoms with Crippen LogP contribution in [0.1, 0.15) is 12.5 Å². The summed E-state index contributed by atoms with van der Waals surface area (Å²) in [6, 6.07) is 8.81. The van der Waals surface area contributed by atoms with E-state index in [1.165, 1.54) is 0 Å². The van der Waals surface area contributed by atoms with Crippen LogP contribution in [0.4, 0.5) is 0 Å². The molecular weight excluding hydrogens is 192 g/mol. The topological polar surface area (TPSA) is 62.1 Å². The molecule has 0 aromatic heterocycles. The second kappa shape index (κ2) is 5.01. The van der Waals surface area contributed by atoms with Crippen molar-refractivity contribution >= 4 is 5.91 Å². The molecule has 78 valence electrons. The molecule has 0 aliphatic carbocycles. The maximum absolute atomic E-state index is 11.2. The van der Waals surface area contributed by atoms with E-state index >= 15 is 0 Å². The van der Waals surface area contributed by atoms with E-state index in [0.29, 0.717) is 11.3 Å². The van der Waals surface area contributed by atoms with Crippen molar-refractivity contribution in [3.63, 3.8) is 0 Å². The number of carbonyl (C=O) groups is 1. The molecule has 1 aromatic rings. The number of nitrogens with zero attached hydrogens (tertiary/aromatic N) is 1. The highest BCUT2D eigenvalue weighted by Gasteiger charge is 2.14. The zero-order chi connectivity index (χ0) is 11.3. The van der Waals surface area contributed by atoms with E-state index in [-0.39, 0.29) is 5.91 Å². The molecule has 0 radical (unpaired) electrons. The third kappa shape index (κ3) is 2.71. The highest BCUT2D eigenvalue weighted by atomic mass is 16.5. The van der Waals surface area contributed by atoms with Crippen LogP contribution in [0.2, 0.25) is 0 Å². The van der Waals surface area contributed by atoms with Gasteiger partial charge in [-0.3, -0.25) is 4.79 Å². The van der Waals surface area contributed by atoms with Crippen molar-refractivity contribution in [1.82, 2.24) is 5.32 Å². The molecule has 0 heterocycles. The third-order valence-corrected chi connectivity index (χ3v) is 1.93. The highest BCUT2D eigenvalue weighted by molar-refractivity contribution is 5.80. The molecule has 4 heteroatoms. The number of likely N-dealkylation sites (N-methyl/N-ethyl adjacent to an activating group) is 1. The number of rotatable bonds is 3. The fourth-order valence-electron chi connectivity index (χ4n) is 1.11. The van der Waals surface area contributed by atoms with Crippen LogP contribution in [0.25, 0.3) is 0 Å². The van der Waals surface area contributed by atoms with Crippen LogP contribution < -0.4 is 10.1 Å². The van der Waals surface area contributed by atoms with Crippen molar-refractivity contribution in [3.05, 3.63) is 29.8 Å². The van der Waals surface area contributed by atoms with Crippen molar-refractivity contribution in [3.8, 4) is 11.8 Å². The molecule has 1 rings (SSSR count). The summed E-state index contributed by atoms with van der Waals surface area (Å²) >= 11 is 0. The molecule has 0 aliphatic rings. The Kier molecular flexibility index (Phi) is 3.69. The van der Waals surface area contributed by atoms with E-state index in [1.807, 2.05) is 6.07 Å². The summed E-state index contributed by atoms with van der Waals surface area (Å²) in [7, 11) is 1.54. The largest absolute Gasteiger partial charge is 0.480 e. The Balaban J connectivity index is 2.81. The van der Waals surface area contributed by atoms with E-state index in [1.54, 1.807) is 38.2 Å². The van der Waals surface area contributed by atoms with Crippen LogP contribution in [0.15, 0.2) is 24.3 Å². The van der Waals surface area contributed by atoms with Gasteiger partial charge in [0.15, 0.2) is 6.10 Å². The highest BCUT2D eigenvalue weighted by Crippen LogP contribution is 2.17. The number of carbonyl (C=O) groups excluding carboxylic acids is 1. The van der Waals surface area contributed by atoms with Gasteiger partial charge < -0.3 is 10.1 Å². The number of hydrogen-bond acceptors (Lipinski definition) is 3. The second-order valence-electron chi connectivity index (χ2n) is 2.98.